The number of carbonyl (C=O) groups excluding carboxylic acids is 7. The molecule has 0 spiro atoms. The van der Waals surface area contributed by atoms with Crippen molar-refractivity contribution >= 4 is 69.1 Å². The Bertz CT molecular complexity index is 2510. The molecule has 3 aromatic heterocycles. The van der Waals surface area contributed by atoms with E-state index in [9.17, 15) is 43.5 Å². The number of imidazole rings is 1. The van der Waals surface area contributed by atoms with E-state index in [-0.39, 0.29) is 31.6 Å². The molecule has 0 aliphatic rings. The quantitative estimate of drug-likeness (QED) is 0.0423. The molecule has 7 atom stereocenters. The second-order valence-corrected chi connectivity index (χ2v) is 16.9. The van der Waals surface area contributed by atoms with Gasteiger partial charge in [0.15, 0.2) is 0 Å². The van der Waals surface area contributed by atoms with Crippen molar-refractivity contribution in [3.05, 3.63) is 90.3 Å². The van der Waals surface area contributed by atoms with E-state index in [4.69, 9.17) is 5.73 Å². The molecule has 0 saturated carbocycles. The zero-order chi connectivity index (χ0) is 48.1. The van der Waals surface area contributed by atoms with E-state index in [2.05, 4.69) is 51.8 Å². The number of carboxylic acid groups (broad SMARTS) is 1. The molecule has 0 fully saturated rings. The maximum atomic E-state index is 14.2. The van der Waals surface area contributed by atoms with Crippen molar-refractivity contribution in [3.63, 3.8) is 0 Å². The van der Waals surface area contributed by atoms with Crippen molar-refractivity contribution in [3.8, 4) is 0 Å². The van der Waals surface area contributed by atoms with Gasteiger partial charge in [0.1, 0.15) is 36.3 Å². The Hall–Kier alpha value is -7.51. The average Bonchev–Trinajstić information content (AvgIpc) is 4.04. The van der Waals surface area contributed by atoms with Gasteiger partial charge in [0.25, 0.3) is 0 Å². The summed E-state index contributed by atoms with van der Waals surface area (Å²) in [5.74, 6) is -7.54. The van der Waals surface area contributed by atoms with Crippen LogP contribution in [0.2, 0.25) is 0 Å². The van der Waals surface area contributed by atoms with Crippen molar-refractivity contribution in [2.45, 2.75) is 109 Å². The molecule has 66 heavy (non-hydrogen) atoms. The van der Waals surface area contributed by atoms with Crippen molar-refractivity contribution < 1.29 is 43.5 Å². The van der Waals surface area contributed by atoms with Crippen LogP contribution in [-0.2, 0) is 57.6 Å². The van der Waals surface area contributed by atoms with E-state index < -0.39 is 95.9 Å². The van der Waals surface area contributed by atoms with Crippen LogP contribution in [0, 0.1) is 11.8 Å². The lowest BCUT2D eigenvalue weighted by molar-refractivity contribution is -0.141. The molecule has 0 saturated heterocycles. The molecule has 0 aliphatic carbocycles. The number of para-hydroxylation sites is 2. The summed E-state index contributed by atoms with van der Waals surface area (Å²) in [7, 11) is 0. The second-order valence-electron chi connectivity index (χ2n) is 16.9. The van der Waals surface area contributed by atoms with Crippen molar-refractivity contribution in [1.29, 1.82) is 0 Å². The second kappa shape index (κ2) is 22.9. The molecule has 0 radical (unpaired) electrons. The van der Waals surface area contributed by atoms with Crippen LogP contribution in [-0.4, -0.2) is 109 Å². The molecule has 0 bridgehead atoms. The predicted molar refractivity (Wildman–Crippen MR) is 244 cm³/mol. The highest BCUT2D eigenvalue weighted by molar-refractivity contribution is 5.98. The maximum Gasteiger partial charge on any atom is 0.305 e. The predicted octanol–water partition coefficient (Wildman–Crippen LogP) is 1.38. The number of carboxylic acids is 1. The molecule has 12 N–H and O–H groups in total. The highest BCUT2D eigenvalue weighted by Gasteiger charge is 2.36. The van der Waals surface area contributed by atoms with Crippen LogP contribution in [0.1, 0.15) is 70.7 Å². The van der Waals surface area contributed by atoms with E-state index in [1.165, 1.54) is 13.3 Å². The zero-order valence-corrected chi connectivity index (χ0v) is 37.5. The SMILES string of the molecule is CC[C@H](C)[C@H](NC(=O)[C@H](Cc1c[nH]cn1)NC(C)=O)C(=O)N[C@@H](CC(C)C)C(=O)N[C@@H](CC(=O)O)C(=O)N[C@@H](Cc1c[nH]c2ccccc12)C(=O)N[C@@H](Cc1c[nH]c2ccccc12)C(N)=O. The van der Waals surface area contributed by atoms with Crippen LogP contribution in [0.25, 0.3) is 21.8 Å². The smallest absolute Gasteiger partial charge is 0.305 e. The Kier molecular flexibility index (Phi) is 17.2. The van der Waals surface area contributed by atoms with Crippen molar-refractivity contribution in [2.75, 3.05) is 0 Å². The van der Waals surface area contributed by atoms with Gasteiger partial charge >= 0.3 is 5.97 Å². The van der Waals surface area contributed by atoms with Crippen LogP contribution in [0.4, 0.5) is 0 Å². The number of fused-ring (bicyclic) bond motifs is 2. The monoisotopic (exact) mass is 909 g/mol. The summed E-state index contributed by atoms with van der Waals surface area (Å²) < 4.78 is 0. The van der Waals surface area contributed by atoms with E-state index in [0.717, 1.165) is 21.8 Å². The fourth-order valence-electron chi connectivity index (χ4n) is 7.66. The summed E-state index contributed by atoms with van der Waals surface area (Å²) in [5, 5.41) is 27.3. The number of H-pyrrole nitrogens is 3. The zero-order valence-electron chi connectivity index (χ0n) is 37.5. The van der Waals surface area contributed by atoms with Crippen LogP contribution in [0.3, 0.4) is 0 Å². The first kappa shape index (κ1) is 49.5. The standard InChI is InChI=1S/C46H59N11O9/c1-6-25(4)40(57-45(65)37(52-26(5)58)18-29-22-48-23-51-29)46(66)56-35(15-24(2)3)42(62)55-38(19-39(59)60)44(64)54-36(17-28-21-50-33-14-10-8-12-31(28)33)43(63)53-34(41(47)61)16-27-20-49-32-13-9-7-11-30(27)32/h7-14,20-25,34-38,40,49-50H,6,15-19H2,1-5H3,(H2,47,61)(H,48,51)(H,52,58)(H,53,63)(H,54,64)(H,55,62)(H,56,66)(H,57,65)(H,59,60)/t25-,34-,35-,36-,37-,38-,40-/m0/s1. The van der Waals surface area contributed by atoms with Gasteiger partial charge in [-0.15, -0.1) is 0 Å². The third kappa shape index (κ3) is 13.5. The molecule has 5 aromatic rings. The van der Waals surface area contributed by atoms with E-state index in [0.29, 0.717) is 23.2 Å². The van der Waals surface area contributed by atoms with Crippen LogP contribution >= 0.6 is 0 Å². The molecule has 7 amide bonds. The largest absolute Gasteiger partial charge is 0.481 e. The molecule has 2 aromatic carbocycles. The Morgan fingerprint density at radius 3 is 1.67 bits per heavy atom. The fraction of sp³-hybridized carbons (Fsp3) is 0.413. The minimum Gasteiger partial charge on any atom is -0.481 e. The highest BCUT2D eigenvalue weighted by atomic mass is 16.4. The molecule has 20 heteroatoms. The lowest BCUT2D eigenvalue weighted by Gasteiger charge is -2.29. The van der Waals surface area contributed by atoms with Crippen molar-refractivity contribution in [2.24, 2.45) is 17.6 Å². The van der Waals surface area contributed by atoms with Gasteiger partial charge < -0.3 is 57.7 Å². The number of amides is 7. The number of nitrogens with zero attached hydrogens (tertiary/aromatic N) is 1. The normalized spacial score (nSPS) is 14.5. The third-order valence-electron chi connectivity index (χ3n) is 11.3. The summed E-state index contributed by atoms with van der Waals surface area (Å²) >= 11 is 0. The molecule has 0 aliphatic heterocycles. The first-order valence-corrected chi connectivity index (χ1v) is 21.8. The molecular weight excluding hydrogens is 851 g/mol. The molecule has 20 nitrogen and oxygen atoms in total. The average molecular weight is 910 g/mol. The number of hydrogen-bond donors (Lipinski definition) is 11. The number of rotatable bonds is 24. The Balaban J connectivity index is 1.37. The first-order chi connectivity index (χ1) is 31.4. The Morgan fingerprint density at radius 1 is 0.636 bits per heavy atom. The summed E-state index contributed by atoms with van der Waals surface area (Å²) in [6.45, 7) is 8.38. The van der Waals surface area contributed by atoms with Crippen LogP contribution in [0.5, 0.6) is 0 Å². The van der Waals surface area contributed by atoms with Gasteiger partial charge in [-0.25, -0.2) is 4.98 Å². The molecule has 0 unspecified atom stereocenters. The van der Waals surface area contributed by atoms with Gasteiger partial charge in [0.05, 0.1) is 18.4 Å². The first-order valence-electron chi connectivity index (χ1n) is 21.8. The topological polar surface area (TPSA) is 315 Å². The van der Waals surface area contributed by atoms with E-state index >= 15 is 0 Å². The van der Waals surface area contributed by atoms with Gasteiger partial charge in [-0.05, 0) is 41.5 Å². The summed E-state index contributed by atoms with van der Waals surface area (Å²) in [6.07, 6.45) is 5.86. The number of benzene rings is 2. The van der Waals surface area contributed by atoms with Gasteiger partial charge in [0.2, 0.25) is 41.4 Å². The molecule has 3 heterocycles. The van der Waals surface area contributed by atoms with E-state index in [1.807, 2.05) is 49.4 Å². The Labute approximate surface area is 380 Å². The highest BCUT2D eigenvalue weighted by Crippen LogP contribution is 2.21. The lowest BCUT2D eigenvalue weighted by atomic mass is 9.96. The van der Waals surface area contributed by atoms with Crippen molar-refractivity contribution in [1.82, 2.24) is 51.8 Å². The van der Waals surface area contributed by atoms with E-state index in [1.54, 1.807) is 45.4 Å². The number of primary amides is 1. The number of aromatic nitrogens is 4. The number of hydrogen-bond acceptors (Lipinski definition) is 9. The number of aliphatic carboxylic acids is 1. The van der Waals surface area contributed by atoms with Crippen LogP contribution < -0.4 is 37.6 Å². The van der Waals surface area contributed by atoms with Gasteiger partial charge in [-0.1, -0.05) is 70.5 Å². The minimum atomic E-state index is -1.75. The number of nitrogens with two attached hydrogens (primary N) is 1. The molecule has 352 valence electrons. The third-order valence-corrected chi connectivity index (χ3v) is 11.3. The minimum absolute atomic E-state index is 0.0159. The Morgan fingerprint density at radius 2 is 1.14 bits per heavy atom. The fourth-order valence-corrected chi connectivity index (χ4v) is 7.66. The maximum absolute atomic E-state index is 14.2. The molecule has 5 rings (SSSR count). The van der Waals surface area contributed by atoms with Gasteiger partial charge in [0, 0.05) is 66.6 Å². The number of aromatic amines is 3. The lowest BCUT2D eigenvalue weighted by Crippen LogP contribution is -2.61. The van der Waals surface area contributed by atoms with Gasteiger partial charge in [-0.3, -0.25) is 38.4 Å². The number of carbonyl (C=O) groups is 8. The summed E-state index contributed by atoms with van der Waals surface area (Å²) in [5.41, 5.74) is 9.16. The molecular formula is C46H59N11O9. The van der Waals surface area contributed by atoms with Crippen LogP contribution in [0.15, 0.2) is 73.4 Å². The van der Waals surface area contributed by atoms with Gasteiger partial charge in [-0.2, -0.15) is 0 Å². The number of nitrogens with one attached hydrogen (secondary N) is 9. The summed E-state index contributed by atoms with van der Waals surface area (Å²) in [4.78, 5) is 120. The summed E-state index contributed by atoms with van der Waals surface area (Å²) in [6, 6.07) is 6.70.